The third-order valence-corrected chi connectivity index (χ3v) is 6.40. The van der Waals surface area contributed by atoms with Gasteiger partial charge in [0.1, 0.15) is 11.7 Å². The molecular formula is C25H27N7O4. The van der Waals surface area contributed by atoms with Gasteiger partial charge in [0, 0.05) is 25.2 Å². The van der Waals surface area contributed by atoms with Gasteiger partial charge in [-0.1, -0.05) is 35.5 Å². The fourth-order valence-corrected chi connectivity index (χ4v) is 4.50. The Hall–Kier alpha value is -4.12. The zero-order chi connectivity index (χ0) is 25.4. The zero-order valence-electron chi connectivity index (χ0n) is 20.3. The largest absolute Gasteiger partial charge is 0.417 e. The highest BCUT2D eigenvalue weighted by atomic mass is 16.5. The van der Waals surface area contributed by atoms with Crippen LogP contribution in [0.4, 0.5) is 0 Å². The number of hydrogen-bond donors (Lipinski definition) is 1. The van der Waals surface area contributed by atoms with Crippen LogP contribution < -0.4 is 11.3 Å². The van der Waals surface area contributed by atoms with E-state index in [1.165, 1.54) is 10.6 Å². The third-order valence-electron chi connectivity index (χ3n) is 6.40. The van der Waals surface area contributed by atoms with E-state index in [1.807, 2.05) is 37.3 Å². The second-order valence-corrected chi connectivity index (χ2v) is 9.36. The third kappa shape index (κ3) is 4.44. The Labute approximate surface area is 206 Å². The van der Waals surface area contributed by atoms with E-state index in [9.17, 15) is 9.59 Å². The van der Waals surface area contributed by atoms with Gasteiger partial charge in [0.15, 0.2) is 5.82 Å². The highest BCUT2D eigenvalue weighted by molar-refractivity contribution is 5.95. The van der Waals surface area contributed by atoms with Gasteiger partial charge in [0.2, 0.25) is 11.8 Å². The van der Waals surface area contributed by atoms with Crippen molar-refractivity contribution in [1.29, 1.82) is 0 Å². The number of carbonyl (C=O) groups is 1. The topological polar surface area (TPSA) is 146 Å². The lowest BCUT2D eigenvalue weighted by atomic mass is 9.94. The maximum atomic E-state index is 13.5. The molecule has 0 radical (unpaired) electrons. The Balaban J connectivity index is 1.44. The molecule has 3 aromatic heterocycles. The summed E-state index contributed by atoms with van der Waals surface area (Å²) in [5.74, 6) is 0.933. The van der Waals surface area contributed by atoms with Crippen LogP contribution in [-0.4, -0.2) is 42.3 Å². The average Bonchev–Trinajstić information content (AvgIpc) is 3.61. The molecule has 2 atom stereocenters. The minimum absolute atomic E-state index is 0.106. The lowest BCUT2D eigenvalue weighted by Gasteiger charge is -2.22. The van der Waals surface area contributed by atoms with Crippen molar-refractivity contribution < 1.29 is 13.7 Å². The van der Waals surface area contributed by atoms with E-state index in [1.54, 1.807) is 24.9 Å². The molecule has 1 unspecified atom stereocenters. The first-order valence-corrected chi connectivity index (χ1v) is 11.7. The average molecular weight is 490 g/mol. The number of aryl methyl sites for hydroxylation is 1. The number of likely N-dealkylation sites (tertiary alicyclic amines) is 1. The number of aromatic nitrogens is 5. The van der Waals surface area contributed by atoms with Crippen LogP contribution in [0, 0.1) is 6.92 Å². The first kappa shape index (κ1) is 23.6. The van der Waals surface area contributed by atoms with Crippen LogP contribution in [0.3, 0.4) is 0 Å². The van der Waals surface area contributed by atoms with Crippen LogP contribution in [0.25, 0.3) is 11.6 Å². The lowest BCUT2D eigenvalue weighted by molar-refractivity contribution is 0.0710. The van der Waals surface area contributed by atoms with Gasteiger partial charge in [-0.25, -0.2) is 0 Å². The van der Waals surface area contributed by atoms with Gasteiger partial charge in [-0.05, 0) is 44.7 Å². The van der Waals surface area contributed by atoms with Gasteiger partial charge in [-0.2, -0.15) is 4.98 Å². The SMILES string of the molecule is Cc1noc(C2CCCN2C(=O)c2cc(-c3nnc([C@](C)(N)Cc4ccccc4)o3)n(C)c(=O)c2)n1. The van der Waals surface area contributed by atoms with Gasteiger partial charge in [-0.15, -0.1) is 10.2 Å². The molecule has 1 aliphatic heterocycles. The van der Waals surface area contributed by atoms with E-state index in [0.717, 1.165) is 12.0 Å². The number of carbonyl (C=O) groups excluding carboxylic acids is 1. The molecule has 4 aromatic rings. The molecule has 1 fully saturated rings. The Morgan fingerprint density at radius 3 is 2.72 bits per heavy atom. The summed E-state index contributed by atoms with van der Waals surface area (Å²) in [5, 5.41) is 12.1. The van der Waals surface area contributed by atoms with Crippen LogP contribution >= 0.6 is 0 Å². The summed E-state index contributed by atoms with van der Waals surface area (Å²) in [5.41, 5.74) is 6.78. The van der Waals surface area contributed by atoms with Crippen molar-refractivity contribution in [2.45, 2.75) is 44.7 Å². The summed E-state index contributed by atoms with van der Waals surface area (Å²) in [6.07, 6.45) is 1.98. The van der Waals surface area contributed by atoms with Gasteiger partial charge < -0.3 is 24.1 Å². The number of hydrogen-bond acceptors (Lipinski definition) is 9. The van der Waals surface area contributed by atoms with E-state index in [4.69, 9.17) is 14.7 Å². The molecule has 11 nitrogen and oxygen atoms in total. The summed E-state index contributed by atoms with van der Waals surface area (Å²) in [7, 11) is 1.58. The predicted octanol–water partition coefficient (Wildman–Crippen LogP) is 2.52. The van der Waals surface area contributed by atoms with E-state index < -0.39 is 5.54 Å². The van der Waals surface area contributed by atoms with Crippen molar-refractivity contribution in [3.05, 3.63) is 81.6 Å². The van der Waals surface area contributed by atoms with E-state index in [-0.39, 0.29) is 34.9 Å². The maximum Gasteiger partial charge on any atom is 0.264 e. The quantitative estimate of drug-likeness (QED) is 0.431. The second kappa shape index (κ2) is 9.15. The number of nitrogens with two attached hydrogens (primary N) is 1. The molecule has 4 heterocycles. The number of benzene rings is 1. The molecule has 2 N–H and O–H groups in total. The van der Waals surface area contributed by atoms with Gasteiger partial charge in [0.05, 0.1) is 5.54 Å². The maximum absolute atomic E-state index is 13.5. The molecule has 11 heteroatoms. The summed E-state index contributed by atoms with van der Waals surface area (Å²) in [4.78, 5) is 32.2. The Morgan fingerprint density at radius 2 is 2.00 bits per heavy atom. The van der Waals surface area contributed by atoms with Crippen LogP contribution in [0.15, 0.2) is 56.2 Å². The van der Waals surface area contributed by atoms with Crippen molar-refractivity contribution in [2.75, 3.05) is 6.54 Å². The summed E-state index contributed by atoms with van der Waals surface area (Å²) >= 11 is 0. The molecule has 1 aromatic carbocycles. The van der Waals surface area contributed by atoms with Crippen LogP contribution in [0.2, 0.25) is 0 Å². The fourth-order valence-electron chi connectivity index (χ4n) is 4.50. The normalized spacial score (nSPS) is 17.3. The summed E-state index contributed by atoms with van der Waals surface area (Å²) < 4.78 is 12.6. The summed E-state index contributed by atoms with van der Waals surface area (Å²) in [6.45, 7) is 4.06. The molecule has 0 bridgehead atoms. The molecule has 0 aliphatic carbocycles. The molecule has 1 aliphatic rings. The van der Waals surface area contributed by atoms with Gasteiger partial charge >= 0.3 is 0 Å². The Kier molecular flexibility index (Phi) is 6.00. The molecule has 5 rings (SSSR count). The van der Waals surface area contributed by atoms with Crippen molar-refractivity contribution in [3.63, 3.8) is 0 Å². The first-order chi connectivity index (χ1) is 17.2. The van der Waals surface area contributed by atoms with Gasteiger partial charge in [0.25, 0.3) is 17.4 Å². The zero-order valence-corrected chi connectivity index (χ0v) is 20.3. The molecule has 1 saturated heterocycles. The minimum atomic E-state index is -0.927. The number of amides is 1. The molecule has 186 valence electrons. The summed E-state index contributed by atoms with van der Waals surface area (Å²) in [6, 6.07) is 12.3. The van der Waals surface area contributed by atoms with E-state index in [2.05, 4.69) is 20.3 Å². The van der Waals surface area contributed by atoms with Crippen molar-refractivity contribution in [2.24, 2.45) is 12.8 Å². The molecule has 0 saturated carbocycles. The highest BCUT2D eigenvalue weighted by Gasteiger charge is 2.35. The molecule has 36 heavy (non-hydrogen) atoms. The number of nitrogens with zero attached hydrogens (tertiary/aromatic N) is 6. The number of rotatable bonds is 6. The monoisotopic (exact) mass is 489 g/mol. The minimum Gasteiger partial charge on any atom is -0.417 e. The Morgan fingerprint density at radius 1 is 1.22 bits per heavy atom. The van der Waals surface area contributed by atoms with Crippen molar-refractivity contribution >= 4 is 5.91 Å². The smallest absolute Gasteiger partial charge is 0.264 e. The molecule has 0 spiro atoms. The van der Waals surface area contributed by atoms with Gasteiger partial charge in [-0.3, -0.25) is 9.59 Å². The van der Waals surface area contributed by atoms with Crippen LogP contribution in [0.5, 0.6) is 0 Å². The standard InChI is InChI=1S/C25H27N7O4/c1-15-27-21(36-30-15)18-10-7-11-32(18)23(34)17-12-19(31(3)20(33)13-17)22-28-29-24(35-22)25(2,26)14-16-8-5-4-6-9-16/h4-6,8-9,12-13,18H,7,10-11,14,26H2,1-3H3/t18?,25-/m1/s1. The first-order valence-electron chi connectivity index (χ1n) is 11.7. The lowest BCUT2D eigenvalue weighted by Crippen LogP contribution is -2.35. The van der Waals surface area contributed by atoms with E-state index >= 15 is 0 Å². The number of pyridine rings is 1. The predicted molar refractivity (Wildman–Crippen MR) is 129 cm³/mol. The van der Waals surface area contributed by atoms with Crippen LogP contribution in [-0.2, 0) is 19.0 Å². The highest BCUT2D eigenvalue weighted by Crippen LogP contribution is 2.33. The Bertz CT molecular complexity index is 1450. The molecule has 1 amide bonds. The van der Waals surface area contributed by atoms with Crippen LogP contribution in [0.1, 0.15) is 59.3 Å². The van der Waals surface area contributed by atoms with E-state index in [0.29, 0.717) is 36.8 Å². The molecular weight excluding hydrogens is 462 g/mol. The van der Waals surface area contributed by atoms with Crippen molar-refractivity contribution in [1.82, 2.24) is 29.8 Å². The van der Waals surface area contributed by atoms with Crippen molar-refractivity contribution in [3.8, 4) is 11.6 Å². The second-order valence-electron chi connectivity index (χ2n) is 9.36. The fraction of sp³-hybridized carbons (Fsp3) is 0.360.